The summed E-state index contributed by atoms with van der Waals surface area (Å²) < 4.78 is 0. The number of carboxylic acids is 1. The monoisotopic (exact) mass is 267 g/mol. The summed E-state index contributed by atoms with van der Waals surface area (Å²) >= 11 is 1.44. The number of thiophene rings is 1. The Morgan fingerprint density at radius 1 is 1.56 bits per heavy atom. The van der Waals surface area contributed by atoms with Crippen molar-refractivity contribution in [3.63, 3.8) is 0 Å². The van der Waals surface area contributed by atoms with Crippen molar-refractivity contribution >= 4 is 23.2 Å². The Morgan fingerprint density at radius 2 is 2.28 bits per heavy atom. The van der Waals surface area contributed by atoms with Crippen LogP contribution < -0.4 is 0 Å². The number of hydrogen-bond donors (Lipinski definition) is 1. The highest BCUT2D eigenvalue weighted by atomic mass is 32.1. The van der Waals surface area contributed by atoms with E-state index in [4.69, 9.17) is 5.11 Å². The number of rotatable bonds is 3. The van der Waals surface area contributed by atoms with Gasteiger partial charge in [0.25, 0.3) is 5.91 Å². The number of likely N-dealkylation sites (tertiary alicyclic amines) is 1. The first-order valence-corrected chi connectivity index (χ1v) is 6.95. The van der Waals surface area contributed by atoms with Crippen LogP contribution in [0.15, 0.2) is 11.4 Å². The van der Waals surface area contributed by atoms with E-state index in [0.717, 1.165) is 16.9 Å². The molecule has 0 saturated carbocycles. The average Bonchev–Trinajstić information content (AvgIpc) is 2.94. The molecule has 2 rings (SSSR count). The maximum absolute atomic E-state index is 12.3. The van der Waals surface area contributed by atoms with E-state index in [1.54, 1.807) is 11.8 Å². The van der Waals surface area contributed by atoms with Crippen LogP contribution in [0.25, 0.3) is 0 Å². The Morgan fingerprint density at radius 3 is 2.83 bits per heavy atom. The topological polar surface area (TPSA) is 57.6 Å². The minimum atomic E-state index is -0.820. The van der Waals surface area contributed by atoms with E-state index < -0.39 is 11.4 Å². The van der Waals surface area contributed by atoms with Gasteiger partial charge in [-0.25, -0.2) is 0 Å². The van der Waals surface area contributed by atoms with Crippen LogP contribution in [-0.2, 0) is 11.2 Å². The molecule has 2 heterocycles. The molecule has 1 amide bonds. The van der Waals surface area contributed by atoms with E-state index in [-0.39, 0.29) is 5.91 Å². The van der Waals surface area contributed by atoms with Crippen LogP contribution in [0.4, 0.5) is 0 Å². The molecule has 18 heavy (non-hydrogen) atoms. The van der Waals surface area contributed by atoms with Crippen molar-refractivity contribution < 1.29 is 14.7 Å². The summed E-state index contributed by atoms with van der Waals surface area (Å²) in [5.74, 6) is -0.841. The van der Waals surface area contributed by atoms with E-state index in [1.165, 1.54) is 11.3 Å². The summed E-state index contributed by atoms with van der Waals surface area (Å²) in [6, 6.07) is 1.96. The fraction of sp³-hybridized carbons (Fsp3) is 0.538. The Balaban J connectivity index is 2.15. The third-order valence-corrected chi connectivity index (χ3v) is 4.54. The molecule has 1 aromatic heterocycles. The second-order valence-electron chi connectivity index (χ2n) is 4.97. The molecule has 1 saturated heterocycles. The second-order valence-corrected chi connectivity index (χ2v) is 5.89. The molecule has 0 bridgehead atoms. The zero-order chi connectivity index (χ0) is 13.3. The quantitative estimate of drug-likeness (QED) is 0.913. The van der Waals surface area contributed by atoms with Crippen molar-refractivity contribution in [1.29, 1.82) is 0 Å². The van der Waals surface area contributed by atoms with Crippen LogP contribution in [-0.4, -0.2) is 35.0 Å². The van der Waals surface area contributed by atoms with E-state index >= 15 is 0 Å². The predicted octanol–water partition coefficient (Wildman–Crippen LogP) is 2.25. The highest BCUT2D eigenvalue weighted by Crippen LogP contribution is 2.32. The maximum Gasteiger partial charge on any atom is 0.311 e. The van der Waals surface area contributed by atoms with Crippen LogP contribution in [0.1, 0.15) is 35.5 Å². The third kappa shape index (κ3) is 2.14. The predicted molar refractivity (Wildman–Crippen MR) is 70.0 cm³/mol. The van der Waals surface area contributed by atoms with Gasteiger partial charge in [-0.15, -0.1) is 11.3 Å². The minimum absolute atomic E-state index is 0.0215. The molecule has 1 aliphatic heterocycles. The first-order chi connectivity index (χ1) is 8.48. The van der Waals surface area contributed by atoms with E-state index in [0.29, 0.717) is 19.5 Å². The molecule has 4 nitrogen and oxygen atoms in total. The Hall–Kier alpha value is -1.36. The Bertz CT molecular complexity index is 482. The first kappa shape index (κ1) is 13.1. The molecular weight excluding hydrogens is 250 g/mol. The summed E-state index contributed by atoms with van der Waals surface area (Å²) in [5.41, 5.74) is 0.258. The lowest BCUT2D eigenvalue weighted by Crippen LogP contribution is -2.34. The lowest BCUT2D eigenvalue weighted by atomic mass is 9.90. The smallest absolute Gasteiger partial charge is 0.311 e. The third-order valence-electron chi connectivity index (χ3n) is 3.60. The number of aliphatic carboxylic acids is 1. The molecule has 0 spiro atoms. The summed E-state index contributed by atoms with van der Waals surface area (Å²) in [6.07, 6.45) is 1.36. The van der Waals surface area contributed by atoms with Gasteiger partial charge in [0.1, 0.15) is 0 Å². The van der Waals surface area contributed by atoms with Gasteiger partial charge in [0.2, 0.25) is 0 Å². The van der Waals surface area contributed by atoms with E-state index in [9.17, 15) is 9.59 Å². The van der Waals surface area contributed by atoms with Crippen LogP contribution in [0.3, 0.4) is 0 Å². The number of amides is 1. The molecule has 0 radical (unpaired) electrons. The van der Waals surface area contributed by atoms with Crippen LogP contribution >= 0.6 is 11.3 Å². The number of carbonyl (C=O) groups is 2. The molecule has 1 unspecified atom stereocenters. The Kier molecular flexibility index (Phi) is 3.43. The number of aryl methyl sites for hydroxylation is 1. The summed E-state index contributed by atoms with van der Waals surface area (Å²) in [5, 5.41) is 11.1. The molecular formula is C13H17NO3S. The van der Waals surface area contributed by atoms with Gasteiger partial charge in [0.15, 0.2) is 0 Å². The SMILES string of the molecule is CCc1ccsc1C(=O)N1CCC(C)(C(=O)O)C1. The largest absolute Gasteiger partial charge is 0.481 e. The zero-order valence-corrected chi connectivity index (χ0v) is 11.4. The van der Waals surface area contributed by atoms with Crippen molar-refractivity contribution in [2.24, 2.45) is 5.41 Å². The van der Waals surface area contributed by atoms with Gasteiger partial charge < -0.3 is 10.0 Å². The number of carboxylic acid groups (broad SMARTS) is 1. The Labute approximate surface area is 110 Å². The summed E-state index contributed by atoms with van der Waals surface area (Å²) in [7, 11) is 0. The standard InChI is InChI=1S/C13H17NO3S/c1-3-9-4-7-18-10(9)11(15)14-6-5-13(2,8-14)12(16)17/h4,7H,3,5-6,8H2,1-2H3,(H,16,17). The van der Waals surface area contributed by atoms with Crippen molar-refractivity contribution in [2.75, 3.05) is 13.1 Å². The van der Waals surface area contributed by atoms with E-state index in [1.807, 2.05) is 18.4 Å². The van der Waals surface area contributed by atoms with Gasteiger partial charge in [-0.05, 0) is 36.8 Å². The van der Waals surface area contributed by atoms with Gasteiger partial charge in [-0.1, -0.05) is 6.92 Å². The average molecular weight is 267 g/mol. The lowest BCUT2D eigenvalue weighted by Gasteiger charge is -2.20. The van der Waals surface area contributed by atoms with Gasteiger partial charge in [0.05, 0.1) is 10.3 Å². The number of carbonyl (C=O) groups excluding carboxylic acids is 1. The minimum Gasteiger partial charge on any atom is -0.481 e. The molecule has 0 aromatic carbocycles. The molecule has 0 aliphatic carbocycles. The fourth-order valence-corrected chi connectivity index (χ4v) is 3.22. The highest BCUT2D eigenvalue weighted by Gasteiger charge is 2.42. The van der Waals surface area contributed by atoms with Crippen LogP contribution in [0.2, 0.25) is 0 Å². The van der Waals surface area contributed by atoms with Crippen molar-refractivity contribution in [3.8, 4) is 0 Å². The first-order valence-electron chi connectivity index (χ1n) is 6.07. The summed E-state index contributed by atoms with van der Waals surface area (Å²) in [4.78, 5) is 25.9. The molecule has 1 N–H and O–H groups in total. The fourth-order valence-electron chi connectivity index (χ4n) is 2.25. The van der Waals surface area contributed by atoms with Crippen LogP contribution in [0.5, 0.6) is 0 Å². The molecule has 98 valence electrons. The molecule has 1 fully saturated rings. The second kappa shape index (κ2) is 4.72. The number of hydrogen-bond acceptors (Lipinski definition) is 3. The molecule has 1 aromatic rings. The molecule has 1 aliphatic rings. The molecule has 5 heteroatoms. The highest BCUT2D eigenvalue weighted by molar-refractivity contribution is 7.12. The normalized spacial score (nSPS) is 23.3. The van der Waals surface area contributed by atoms with Gasteiger partial charge in [-0.3, -0.25) is 9.59 Å². The maximum atomic E-state index is 12.3. The van der Waals surface area contributed by atoms with Crippen molar-refractivity contribution in [3.05, 3.63) is 21.9 Å². The lowest BCUT2D eigenvalue weighted by molar-refractivity contribution is -0.147. The summed E-state index contributed by atoms with van der Waals surface area (Å²) in [6.45, 7) is 4.56. The van der Waals surface area contributed by atoms with Crippen LogP contribution in [0, 0.1) is 5.41 Å². The van der Waals surface area contributed by atoms with Gasteiger partial charge >= 0.3 is 5.97 Å². The van der Waals surface area contributed by atoms with Gasteiger partial charge in [-0.2, -0.15) is 0 Å². The van der Waals surface area contributed by atoms with E-state index in [2.05, 4.69) is 0 Å². The van der Waals surface area contributed by atoms with Crippen molar-refractivity contribution in [2.45, 2.75) is 26.7 Å². The molecule has 1 atom stereocenters. The zero-order valence-electron chi connectivity index (χ0n) is 10.6. The number of nitrogens with zero attached hydrogens (tertiary/aromatic N) is 1. The van der Waals surface area contributed by atoms with Gasteiger partial charge in [0, 0.05) is 13.1 Å². The van der Waals surface area contributed by atoms with Crippen molar-refractivity contribution in [1.82, 2.24) is 4.90 Å².